The van der Waals surface area contributed by atoms with Crippen molar-refractivity contribution in [2.45, 2.75) is 12.2 Å². The van der Waals surface area contributed by atoms with E-state index in [1.807, 2.05) is 0 Å². The molecule has 0 spiro atoms. The minimum Gasteiger partial charge on any atom is -0.505 e. The van der Waals surface area contributed by atoms with E-state index in [1.165, 1.54) is 0 Å². The second-order valence-electron chi connectivity index (χ2n) is 2.87. The summed E-state index contributed by atoms with van der Waals surface area (Å²) in [4.78, 5) is 27.8. The van der Waals surface area contributed by atoms with Gasteiger partial charge in [-0.15, -0.1) is 0 Å². The zero-order chi connectivity index (χ0) is 12.5. The molecular weight excluding hydrogens is 287 g/mol. The molecule has 0 fully saturated rings. The molecule has 0 amide bonds. The number of hydrogen-bond acceptors (Lipinski definition) is 7. The van der Waals surface area contributed by atoms with Crippen LogP contribution < -0.4 is 0 Å². The smallest absolute Gasteiger partial charge is 0.505 e. The fraction of sp³-hybridized carbons (Fsp3) is 0.500. The molecule has 0 saturated heterocycles. The molecule has 0 saturated carbocycles. The minimum absolute atomic E-state index is 0. The van der Waals surface area contributed by atoms with Gasteiger partial charge in [-0.05, 0) is 0 Å². The molecule has 102 valence electrons. The highest BCUT2D eigenvalue weighted by Crippen LogP contribution is 2.42. The SMILES string of the molecule is O.O=C1O[C@H]([C@@H](O)CO)C(O)=C1OP(=O)(O)O.[Mg]. The Morgan fingerprint density at radius 3 is 2.33 bits per heavy atom. The zero-order valence-corrected chi connectivity index (χ0v) is 11.2. The van der Waals surface area contributed by atoms with Crippen LogP contribution in [0, 0.1) is 0 Å². The van der Waals surface area contributed by atoms with Crippen LogP contribution in [0.5, 0.6) is 0 Å². The third kappa shape index (κ3) is 4.70. The van der Waals surface area contributed by atoms with Crippen LogP contribution in [0.25, 0.3) is 0 Å². The molecule has 1 rings (SSSR count). The second kappa shape index (κ2) is 7.26. The lowest BCUT2D eigenvalue weighted by Crippen LogP contribution is -2.31. The maximum absolute atomic E-state index is 11.0. The molecule has 0 aromatic rings. The average molecular weight is 298 g/mol. The van der Waals surface area contributed by atoms with Gasteiger partial charge in [0.25, 0.3) is 5.76 Å². The Balaban J connectivity index is 0. The van der Waals surface area contributed by atoms with Crippen molar-refractivity contribution in [1.82, 2.24) is 0 Å². The monoisotopic (exact) mass is 298 g/mol. The van der Waals surface area contributed by atoms with Gasteiger partial charge in [0, 0.05) is 23.1 Å². The summed E-state index contributed by atoms with van der Waals surface area (Å²) in [7, 11) is -5.02. The molecule has 18 heavy (non-hydrogen) atoms. The number of ether oxygens (including phenoxy) is 1. The Hall–Kier alpha value is -0.394. The fourth-order valence-electron chi connectivity index (χ4n) is 1.02. The van der Waals surface area contributed by atoms with Crippen LogP contribution in [0.4, 0.5) is 0 Å². The molecule has 0 aromatic carbocycles. The van der Waals surface area contributed by atoms with E-state index in [1.54, 1.807) is 0 Å². The maximum atomic E-state index is 11.0. The van der Waals surface area contributed by atoms with Crippen LogP contribution in [0.3, 0.4) is 0 Å². The number of aliphatic hydroxyl groups is 3. The third-order valence-corrected chi connectivity index (χ3v) is 2.09. The number of esters is 1. The number of carbonyl (C=O) groups is 1. The van der Waals surface area contributed by atoms with Gasteiger partial charge in [0.15, 0.2) is 11.9 Å². The number of phosphoric ester groups is 1. The number of hydrogen-bond donors (Lipinski definition) is 5. The molecule has 0 bridgehead atoms. The van der Waals surface area contributed by atoms with Gasteiger partial charge < -0.3 is 30.1 Å². The summed E-state index contributed by atoms with van der Waals surface area (Å²) in [5.74, 6) is -3.39. The van der Waals surface area contributed by atoms with Gasteiger partial charge in [-0.1, -0.05) is 0 Å². The van der Waals surface area contributed by atoms with E-state index < -0.39 is 44.1 Å². The van der Waals surface area contributed by atoms with Gasteiger partial charge in [-0.25, -0.2) is 9.36 Å². The first kappa shape index (κ1) is 19.9. The molecule has 2 radical (unpaired) electrons. The molecule has 0 aromatic heterocycles. The second-order valence-corrected chi connectivity index (χ2v) is 4.04. The summed E-state index contributed by atoms with van der Waals surface area (Å²) in [6, 6.07) is 0. The van der Waals surface area contributed by atoms with Gasteiger partial charge >= 0.3 is 13.8 Å². The standard InChI is InChI=1S/C6H9O9P.Mg.H2O/c7-1-2(8)4-3(9)5(6(10)14-4)15-16(11,12)13;;/h2,4,7-9H,1H2,(H2,11,12,13);;1H2/t2-,4+;;/m0../s1. The number of rotatable bonds is 4. The summed E-state index contributed by atoms with van der Waals surface area (Å²) in [5, 5.41) is 26.9. The lowest BCUT2D eigenvalue weighted by Gasteiger charge is -2.13. The fourth-order valence-corrected chi connectivity index (χ4v) is 1.42. The van der Waals surface area contributed by atoms with Gasteiger partial charge in [0.05, 0.1) is 6.61 Å². The minimum atomic E-state index is -5.02. The van der Waals surface area contributed by atoms with Crippen molar-refractivity contribution in [2.75, 3.05) is 6.61 Å². The van der Waals surface area contributed by atoms with Crippen molar-refractivity contribution in [1.29, 1.82) is 0 Å². The highest BCUT2D eigenvalue weighted by molar-refractivity contribution is 7.46. The Bertz CT molecular complexity index is 375. The van der Waals surface area contributed by atoms with Crippen LogP contribution in [-0.2, 0) is 18.6 Å². The van der Waals surface area contributed by atoms with Crippen molar-refractivity contribution < 1.29 is 49.2 Å². The molecule has 0 aliphatic carbocycles. The van der Waals surface area contributed by atoms with Crippen LogP contribution in [0.2, 0.25) is 0 Å². The Morgan fingerprint density at radius 2 is 1.94 bits per heavy atom. The van der Waals surface area contributed by atoms with Crippen LogP contribution in [0.1, 0.15) is 0 Å². The molecule has 0 unspecified atom stereocenters. The molecular formula is C6H11MgO10P. The normalized spacial score (nSPS) is 20.7. The Labute approximate surface area is 117 Å². The van der Waals surface area contributed by atoms with E-state index in [0.717, 1.165) is 0 Å². The molecule has 1 heterocycles. The van der Waals surface area contributed by atoms with Gasteiger partial charge in [-0.3, -0.25) is 9.79 Å². The summed E-state index contributed by atoms with van der Waals surface area (Å²) >= 11 is 0. The summed E-state index contributed by atoms with van der Waals surface area (Å²) in [5.41, 5.74) is 0. The van der Waals surface area contributed by atoms with E-state index in [9.17, 15) is 14.5 Å². The molecule has 1 aliphatic heterocycles. The first-order chi connectivity index (χ1) is 7.26. The maximum Gasteiger partial charge on any atom is 0.525 e. The van der Waals surface area contributed by atoms with Crippen LogP contribution in [0.15, 0.2) is 11.5 Å². The van der Waals surface area contributed by atoms with Gasteiger partial charge in [0.1, 0.15) is 6.10 Å². The van der Waals surface area contributed by atoms with Gasteiger partial charge in [0.2, 0.25) is 0 Å². The largest absolute Gasteiger partial charge is 0.525 e. The molecule has 1 aliphatic rings. The lowest BCUT2D eigenvalue weighted by molar-refractivity contribution is -0.147. The predicted molar refractivity (Wildman–Crippen MR) is 55.1 cm³/mol. The predicted octanol–water partition coefficient (Wildman–Crippen LogP) is -3.06. The van der Waals surface area contributed by atoms with Crippen molar-refractivity contribution in [3.63, 3.8) is 0 Å². The van der Waals surface area contributed by atoms with E-state index in [4.69, 9.17) is 20.0 Å². The lowest BCUT2D eigenvalue weighted by atomic mass is 10.2. The highest BCUT2D eigenvalue weighted by atomic mass is 31.2. The Morgan fingerprint density at radius 1 is 1.44 bits per heavy atom. The molecule has 2 atom stereocenters. The molecule has 10 nitrogen and oxygen atoms in total. The van der Waals surface area contributed by atoms with E-state index in [2.05, 4.69) is 9.26 Å². The summed E-state index contributed by atoms with van der Waals surface area (Å²) in [6.45, 7) is -0.814. The van der Waals surface area contributed by atoms with Crippen LogP contribution in [-0.4, -0.2) is 78.4 Å². The average Bonchev–Trinajstić information content (AvgIpc) is 2.42. The quantitative estimate of drug-likeness (QED) is 0.204. The molecule has 12 heteroatoms. The summed E-state index contributed by atoms with van der Waals surface area (Å²) < 4.78 is 18.7. The number of phosphoric acid groups is 1. The van der Waals surface area contributed by atoms with E-state index in [0.29, 0.717) is 0 Å². The highest BCUT2D eigenvalue weighted by Gasteiger charge is 2.42. The van der Waals surface area contributed by atoms with Crippen molar-refractivity contribution in [3.8, 4) is 0 Å². The Kier molecular flexibility index (Phi) is 8.04. The third-order valence-electron chi connectivity index (χ3n) is 1.67. The zero-order valence-electron chi connectivity index (χ0n) is 8.89. The van der Waals surface area contributed by atoms with Crippen LogP contribution >= 0.6 is 7.82 Å². The topological polar surface area (TPSA) is 185 Å². The van der Waals surface area contributed by atoms with E-state index >= 15 is 0 Å². The summed E-state index contributed by atoms with van der Waals surface area (Å²) in [6.07, 6.45) is -3.21. The van der Waals surface area contributed by atoms with Crippen molar-refractivity contribution >= 4 is 36.8 Å². The van der Waals surface area contributed by atoms with Crippen molar-refractivity contribution in [3.05, 3.63) is 11.5 Å². The van der Waals surface area contributed by atoms with E-state index in [-0.39, 0.29) is 28.5 Å². The number of carbonyl (C=O) groups excluding carboxylic acids is 1. The molecule has 7 N–H and O–H groups in total. The first-order valence-corrected chi connectivity index (χ1v) is 5.47. The number of aliphatic hydroxyl groups excluding tert-OH is 3. The number of cyclic esters (lactones) is 1. The van der Waals surface area contributed by atoms with Crippen molar-refractivity contribution in [2.24, 2.45) is 0 Å². The van der Waals surface area contributed by atoms with Gasteiger partial charge in [-0.2, -0.15) is 0 Å². The first-order valence-electron chi connectivity index (χ1n) is 3.94.